The van der Waals surface area contributed by atoms with Crippen LogP contribution in [0.2, 0.25) is 0 Å². The summed E-state index contributed by atoms with van der Waals surface area (Å²) in [7, 11) is 1.57. The van der Waals surface area contributed by atoms with Gasteiger partial charge in [-0.25, -0.2) is 9.78 Å². The topological polar surface area (TPSA) is 81.9 Å². The Bertz CT molecular complexity index is 1010. The summed E-state index contributed by atoms with van der Waals surface area (Å²) in [5.41, 5.74) is 2.59. The van der Waals surface area contributed by atoms with Crippen LogP contribution in [0.3, 0.4) is 0 Å². The van der Waals surface area contributed by atoms with E-state index in [0.29, 0.717) is 47.1 Å². The molecule has 1 amide bonds. The van der Waals surface area contributed by atoms with Crippen LogP contribution >= 0.6 is 0 Å². The predicted octanol–water partition coefficient (Wildman–Crippen LogP) is 3.72. The van der Waals surface area contributed by atoms with Gasteiger partial charge in [0.15, 0.2) is 11.4 Å². The fourth-order valence-corrected chi connectivity index (χ4v) is 2.93. The number of benzene rings is 1. The normalized spacial score (nSPS) is 10.7. The molecule has 0 fully saturated rings. The minimum absolute atomic E-state index is 0.309. The number of esters is 1. The van der Waals surface area contributed by atoms with Crippen LogP contribution in [0.1, 0.15) is 46.8 Å². The van der Waals surface area contributed by atoms with Crippen LogP contribution in [0.4, 0.5) is 5.69 Å². The number of imidazole rings is 1. The molecule has 0 aliphatic rings. The number of aromatic nitrogens is 2. The van der Waals surface area contributed by atoms with Crippen molar-refractivity contribution >= 4 is 23.2 Å². The number of carbonyl (C=O) groups is 2. The summed E-state index contributed by atoms with van der Waals surface area (Å²) >= 11 is 0. The van der Waals surface area contributed by atoms with E-state index in [9.17, 15) is 9.59 Å². The lowest BCUT2D eigenvalue weighted by atomic mass is 10.2. The van der Waals surface area contributed by atoms with Crippen molar-refractivity contribution in [3.8, 4) is 5.75 Å². The van der Waals surface area contributed by atoms with Gasteiger partial charge in [-0.05, 0) is 43.2 Å². The van der Waals surface area contributed by atoms with Crippen molar-refractivity contribution in [1.29, 1.82) is 0 Å². The maximum absolute atomic E-state index is 13.0. The van der Waals surface area contributed by atoms with E-state index in [2.05, 4.69) is 10.3 Å². The second kappa shape index (κ2) is 8.56. The number of methoxy groups -OCH3 is 1. The number of nitrogens with zero attached hydrogens (tertiary/aromatic N) is 2. The van der Waals surface area contributed by atoms with Crippen LogP contribution in [-0.4, -0.2) is 35.0 Å². The van der Waals surface area contributed by atoms with Gasteiger partial charge in [0.05, 0.1) is 25.0 Å². The molecule has 2 heterocycles. The summed E-state index contributed by atoms with van der Waals surface area (Å²) in [5, 5.41) is 2.85. The Morgan fingerprint density at radius 1 is 1.18 bits per heavy atom. The van der Waals surface area contributed by atoms with Gasteiger partial charge in [0.25, 0.3) is 5.91 Å². The first kappa shape index (κ1) is 19.4. The second-order valence-corrected chi connectivity index (χ2v) is 6.20. The molecule has 3 rings (SSSR count). The zero-order valence-electron chi connectivity index (χ0n) is 16.2. The fraction of sp³-hybridized carbons (Fsp3) is 0.286. The minimum atomic E-state index is -0.410. The predicted molar refractivity (Wildman–Crippen MR) is 106 cm³/mol. The molecule has 7 heteroatoms. The van der Waals surface area contributed by atoms with Gasteiger partial charge in [-0.1, -0.05) is 19.9 Å². The molecule has 3 aromatic rings. The highest BCUT2D eigenvalue weighted by Gasteiger charge is 2.20. The fourth-order valence-electron chi connectivity index (χ4n) is 2.93. The van der Waals surface area contributed by atoms with Crippen LogP contribution < -0.4 is 10.1 Å². The molecular weight excluding hydrogens is 358 g/mol. The molecular formula is C21H23N3O4. The van der Waals surface area contributed by atoms with Gasteiger partial charge >= 0.3 is 5.97 Å². The molecule has 7 nitrogen and oxygen atoms in total. The first-order chi connectivity index (χ1) is 13.6. The molecule has 2 aromatic heterocycles. The Labute approximate surface area is 163 Å². The van der Waals surface area contributed by atoms with Crippen molar-refractivity contribution in [2.24, 2.45) is 0 Å². The molecule has 1 aromatic carbocycles. The standard InChI is InChI=1S/C21H23N3O4/c1-4-12-28-21(26)14-8-6-9-15(13-14)22-20(25)18-16(5-2)23-19-17(27-3)10-7-11-24(18)19/h6-11,13H,4-5,12H2,1-3H3,(H,22,25). The lowest BCUT2D eigenvalue weighted by molar-refractivity contribution is 0.0505. The third kappa shape index (κ3) is 3.83. The highest BCUT2D eigenvalue weighted by molar-refractivity contribution is 6.05. The number of hydrogen-bond donors (Lipinski definition) is 1. The molecule has 0 bridgehead atoms. The lowest BCUT2D eigenvalue weighted by Crippen LogP contribution is -2.17. The van der Waals surface area contributed by atoms with Crippen LogP contribution in [0, 0.1) is 0 Å². The largest absolute Gasteiger partial charge is 0.493 e. The molecule has 28 heavy (non-hydrogen) atoms. The maximum Gasteiger partial charge on any atom is 0.338 e. The lowest BCUT2D eigenvalue weighted by Gasteiger charge is -2.09. The SMILES string of the molecule is CCCOC(=O)c1cccc(NC(=O)c2c(CC)nc3c(OC)cccn23)c1. The first-order valence-electron chi connectivity index (χ1n) is 9.21. The van der Waals surface area contributed by atoms with E-state index in [4.69, 9.17) is 9.47 Å². The molecule has 0 radical (unpaired) electrons. The molecule has 0 atom stereocenters. The summed E-state index contributed by atoms with van der Waals surface area (Å²) < 4.78 is 12.2. The summed E-state index contributed by atoms with van der Waals surface area (Å²) in [5.74, 6) is -0.125. The summed E-state index contributed by atoms with van der Waals surface area (Å²) in [6.45, 7) is 4.23. The Morgan fingerprint density at radius 2 is 2.00 bits per heavy atom. The zero-order chi connectivity index (χ0) is 20.1. The van der Waals surface area contributed by atoms with Crippen molar-refractivity contribution in [1.82, 2.24) is 9.38 Å². The quantitative estimate of drug-likeness (QED) is 0.631. The summed E-state index contributed by atoms with van der Waals surface area (Å²) in [4.78, 5) is 29.6. The van der Waals surface area contributed by atoms with Gasteiger partial charge in [-0.15, -0.1) is 0 Å². The van der Waals surface area contributed by atoms with Crippen molar-refractivity contribution in [2.75, 3.05) is 19.0 Å². The van der Waals surface area contributed by atoms with E-state index in [0.717, 1.165) is 6.42 Å². The van der Waals surface area contributed by atoms with Gasteiger partial charge in [-0.2, -0.15) is 0 Å². The smallest absolute Gasteiger partial charge is 0.338 e. The van der Waals surface area contributed by atoms with Crippen LogP contribution in [-0.2, 0) is 11.2 Å². The molecule has 0 spiro atoms. The number of nitrogens with one attached hydrogen (secondary N) is 1. The number of amides is 1. The van der Waals surface area contributed by atoms with Crippen LogP contribution in [0.25, 0.3) is 5.65 Å². The van der Waals surface area contributed by atoms with Crippen molar-refractivity contribution < 1.29 is 19.1 Å². The number of rotatable bonds is 7. The third-order valence-corrected chi connectivity index (χ3v) is 4.25. The third-order valence-electron chi connectivity index (χ3n) is 4.25. The number of pyridine rings is 1. The molecule has 0 aliphatic carbocycles. The average molecular weight is 381 g/mol. The van der Waals surface area contributed by atoms with Gasteiger partial charge in [-0.3, -0.25) is 9.20 Å². The van der Waals surface area contributed by atoms with Crippen LogP contribution in [0.15, 0.2) is 42.6 Å². The van der Waals surface area contributed by atoms with Crippen molar-refractivity contribution in [2.45, 2.75) is 26.7 Å². The second-order valence-electron chi connectivity index (χ2n) is 6.20. The Kier molecular flexibility index (Phi) is 5.93. The van der Waals surface area contributed by atoms with E-state index < -0.39 is 5.97 Å². The van der Waals surface area contributed by atoms with E-state index in [1.165, 1.54) is 0 Å². The Morgan fingerprint density at radius 3 is 2.71 bits per heavy atom. The molecule has 0 unspecified atom stereocenters. The minimum Gasteiger partial charge on any atom is -0.493 e. The highest BCUT2D eigenvalue weighted by Crippen LogP contribution is 2.23. The summed E-state index contributed by atoms with van der Waals surface area (Å²) in [6, 6.07) is 10.3. The number of ether oxygens (including phenoxy) is 2. The number of anilines is 1. The monoisotopic (exact) mass is 381 g/mol. The van der Waals surface area contributed by atoms with Gasteiger partial charge < -0.3 is 14.8 Å². The van der Waals surface area contributed by atoms with Gasteiger partial charge in [0, 0.05) is 11.9 Å². The molecule has 0 aliphatic heterocycles. The molecule has 0 saturated carbocycles. The Hall–Kier alpha value is -3.35. The molecule has 146 valence electrons. The Balaban J connectivity index is 1.91. The average Bonchev–Trinajstić information content (AvgIpc) is 3.11. The van der Waals surface area contributed by atoms with Crippen LogP contribution in [0.5, 0.6) is 5.75 Å². The number of fused-ring (bicyclic) bond motifs is 1. The van der Waals surface area contributed by atoms with Crippen molar-refractivity contribution in [3.05, 3.63) is 59.5 Å². The number of carbonyl (C=O) groups excluding carboxylic acids is 2. The van der Waals surface area contributed by atoms with Gasteiger partial charge in [0.2, 0.25) is 0 Å². The highest BCUT2D eigenvalue weighted by atomic mass is 16.5. The van der Waals surface area contributed by atoms with E-state index >= 15 is 0 Å². The van der Waals surface area contributed by atoms with E-state index in [1.807, 2.05) is 13.8 Å². The summed E-state index contributed by atoms with van der Waals surface area (Å²) in [6.07, 6.45) is 3.12. The molecule has 0 saturated heterocycles. The first-order valence-corrected chi connectivity index (χ1v) is 9.21. The maximum atomic E-state index is 13.0. The van der Waals surface area contributed by atoms with Gasteiger partial charge in [0.1, 0.15) is 5.69 Å². The number of aryl methyl sites for hydroxylation is 1. The van der Waals surface area contributed by atoms with Crippen molar-refractivity contribution in [3.63, 3.8) is 0 Å². The molecule has 1 N–H and O–H groups in total. The number of hydrogen-bond acceptors (Lipinski definition) is 5. The zero-order valence-corrected chi connectivity index (χ0v) is 16.2. The van der Waals surface area contributed by atoms with E-state index in [1.54, 1.807) is 54.1 Å². The van der Waals surface area contributed by atoms with E-state index in [-0.39, 0.29) is 5.91 Å².